The van der Waals surface area contributed by atoms with E-state index in [4.69, 9.17) is 0 Å². The summed E-state index contributed by atoms with van der Waals surface area (Å²) >= 11 is 0. The van der Waals surface area contributed by atoms with Crippen molar-refractivity contribution in [3.63, 3.8) is 0 Å². The van der Waals surface area contributed by atoms with Crippen LogP contribution in [0, 0.1) is 17.8 Å². The van der Waals surface area contributed by atoms with Crippen LogP contribution < -0.4 is 5.32 Å². The number of rotatable bonds is 1. The Kier molecular flexibility index (Phi) is 2.12. The maximum Gasteiger partial charge on any atom is 0.137 e. The maximum atomic E-state index is 11.7. The molecule has 3 fully saturated rings. The van der Waals surface area contributed by atoms with Crippen molar-refractivity contribution in [2.24, 2.45) is 17.8 Å². The maximum absolute atomic E-state index is 11.7. The van der Waals surface area contributed by atoms with Gasteiger partial charge in [-0.05, 0) is 44.1 Å². The van der Waals surface area contributed by atoms with Crippen LogP contribution >= 0.6 is 0 Å². The van der Waals surface area contributed by atoms with Crippen molar-refractivity contribution in [1.82, 2.24) is 5.32 Å². The highest BCUT2D eigenvalue weighted by Gasteiger charge is 2.45. The standard InChI is InChI=1S/C12H19NO/c14-11-6-2-5-10(11)12-9-4-1-3-8(9)7-13-12/h8-10,12-13H,1-7H2. The molecule has 0 aromatic heterocycles. The molecule has 3 aliphatic rings. The smallest absolute Gasteiger partial charge is 0.137 e. The molecule has 0 spiro atoms. The molecule has 14 heavy (non-hydrogen) atoms. The summed E-state index contributed by atoms with van der Waals surface area (Å²) in [5.41, 5.74) is 0. The summed E-state index contributed by atoms with van der Waals surface area (Å²) < 4.78 is 0. The number of nitrogens with one attached hydrogen (secondary N) is 1. The Labute approximate surface area is 85.4 Å². The minimum Gasteiger partial charge on any atom is -0.313 e. The Morgan fingerprint density at radius 2 is 2.07 bits per heavy atom. The van der Waals surface area contributed by atoms with Gasteiger partial charge in [0.15, 0.2) is 0 Å². The molecule has 1 saturated heterocycles. The minimum atomic E-state index is 0.378. The number of hydrogen-bond acceptors (Lipinski definition) is 2. The lowest BCUT2D eigenvalue weighted by Gasteiger charge is -2.23. The summed E-state index contributed by atoms with van der Waals surface area (Å²) in [6.45, 7) is 1.18. The average Bonchev–Trinajstić information content (AvgIpc) is 2.78. The SMILES string of the molecule is O=C1CCCC1C1NCC2CCCC21. The zero-order chi connectivity index (χ0) is 9.54. The van der Waals surface area contributed by atoms with E-state index in [9.17, 15) is 4.79 Å². The van der Waals surface area contributed by atoms with Gasteiger partial charge in [0.05, 0.1) is 0 Å². The molecule has 1 heterocycles. The fourth-order valence-electron chi connectivity index (χ4n) is 3.89. The van der Waals surface area contributed by atoms with Gasteiger partial charge >= 0.3 is 0 Å². The third-order valence-corrected chi connectivity index (χ3v) is 4.58. The third kappa shape index (κ3) is 1.23. The van der Waals surface area contributed by atoms with Gasteiger partial charge in [0, 0.05) is 18.4 Å². The Morgan fingerprint density at radius 1 is 1.14 bits per heavy atom. The van der Waals surface area contributed by atoms with Gasteiger partial charge < -0.3 is 5.32 Å². The highest BCUT2D eigenvalue weighted by molar-refractivity contribution is 5.83. The predicted molar refractivity (Wildman–Crippen MR) is 55.0 cm³/mol. The molecule has 1 N–H and O–H groups in total. The number of carbonyl (C=O) groups excluding carboxylic acids is 1. The van der Waals surface area contributed by atoms with Gasteiger partial charge in [0.2, 0.25) is 0 Å². The minimum absolute atomic E-state index is 0.378. The molecule has 2 nitrogen and oxygen atoms in total. The summed E-state index contributed by atoms with van der Waals surface area (Å²) in [5.74, 6) is 2.65. The summed E-state index contributed by atoms with van der Waals surface area (Å²) in [4.78, 5) is 11.7. The van der Waals surface area contributed by atoms with Gasteiger partial charge in [-0.1, -0.05) is 6.42 Å². The molecule has 0 radical (unpaired) electrons. The first-order valence-electron chi connectivity index (χ1n) is 6.12. The van der Waals surface area contributed by atoms with E-state index in [-0.39, 0.29) is 0 Å². The first-order valence-corrected chi connectivity index (χ1v) is 6.12. The molecule has 0 aromatic carbocycles. The van der Waals surface area contributed by atoms with Crippen molar-refractivity contribution in [2.45, 2.75) is 44.6 Å². The summed E-state index contributed by atoms with van der Waals surface area (Å²) in [6.07, 6.45) is 7.30. The second kappa shape index (κ2) is 3.34. The van der Waals surface area contributed by atoms with Crippen LogP contribution in [0.25, 0.3) is 0 Å². The van der Waals surface area contributed by atoms with E-state index in [1.807, 2.05) is 0 Å². The molecular weight excluding hydrogens is 174 g/mol. The van der Waals surface area contributed by atoms with E-state index in [2.05, 4.69) is 5.32 Å². The van der Waals surface area contributed by atoms with Gasteiger partial charge in [-0.25, -0.2) is 0 Å². The highest BCUT2D eigenvalue weighted by atomic mass is 16.1. The Morgan fingerprint density at radius 3 is 2.86 bits per heavy atom. The molecule has 0 bridgehead atoms. The van der Waals surface area contributed by atoms with E-state index in [0.29, 0.717) is 17.7 Å². The molecule has 78 valence electrons. The van der Waals surface area contributed by atoms with Crippen LogP contribution in [-0.4, -0.2) is 18.4 Å². The molecule has 2 heteroatoms. The van der Waals surface area contributed by atoms with Crippen molar-refractivity contribution in [3.05, 3.63) is 0 Å². The van der Waals surface area contributed by atoms with Crippen LogP contribution in [0.2, 0.25) is 0 Å². The number of hydrogen-bond donors (Lipinski definition) is 1. The van der Waals surface area contributed by atoms with Crippen molar-refractivity contribution >= 4 is 5.78 Å². The van der Waals surface area contributed by atoms with Gasteiger partial charge in [-0.2, -0.15) is 0 Å². The van der Waals surface area contributed by atoms with Gasteiger partial charge in [0.1, 0.15) is 5.78 Å². The summed E-state index contributed by atoms with van der Waals surface area (Å²) in [7, 11) is 0. The van der Waals surface area contributed by atoms with Crippen molar-refractivity contribution in [2.75, 3.05) is 6.54 Å². The van der Waals surface area contributed by atoms with Crippen LogP contribution in [0.4, 0.5) is 0 Å². The summed E-state index contributed by atoms with van der Waals surface area (Å²) in [5, 5.41) is 3.61. The second-order valence-electron chi connectivity index (χ2n) is 5.25. The quantitative estimate of drug-likeness (QED) is 0.687. The van der Waals surface area contributed by atoms with Crippen molar-refractivity contribution in [3.8, 4) is 0 Å². The van der Waals surface area contributed by atoms with Crippen molar-refractivity contribution < 1.29 is 4.79 Å². The number of fused-ring (bicyclic) bond motifs is 1. The van der Waals surface area contributed by atoms with Crippen LogP contribution in [0.1, 0.15) is 38.5 Å². The van der Waals surface area contributed by atoms with E-state index in [1.165, 1.54) is 25.8 Å². The van der Waals surface area contributed by atoms with E-state index >= 15 is 0 Å². The molecule has 0 aromatic rings. The Hall–Kier alpha value is -0.370. The number of ketones is 1. The lowest BCUT2D eigenvalue weighted by Crippen LogP contribution is -2.37. The molecule has 0 amide bonds. The van der Waals surface area contributed by atoms with E-state index < -0.39 is 0 Å². The van der Waals surface area contributed by atoms with Gasteiger partial charge in [0.25, 0.3) is 0 Å². The molecular formula is C12H19NO. The fourth-order valence-corrected chi connectivity index (χ4v) is 3.89. The van der Waals surface area contributed by atoms with Crippen molar-refractivity contribution in [1.29, 1.82) is 0 Å². The van der Waals surface area contributed by atoms with Crippen LogP contribution in [0.3, 0.4) is 0 Å². The highest BCUT2D eigenvalue weighted by Crippen LogP contribution is 2.42. The lowest BCUT2D eigenvalue weighted by atomic mass is 9.84. The lowest BCUT2D eigenvalue weighted by molar-refractivity contribution is -0.121. The zero-order valence-corrected chi connectivity index (χ0v) is 8.67. The van der Waals surface area contributed by atoms with Crippen LogP contribution in [0.5, 0.6) is 0 Å². The van der Waals surface area contributed by atoms with E-state index in [1.54, 1.807) is 0 Å². The monoisotopic (exact) mass is 193 g/mol. The number of carbonyl (C=O) groups is 1. The van der Waals surface area contributed by atoms with E-state index in [0.717, 1.165) is 31.1 Å². The topological polar surface area (TPSA) is 29.1 Å². The number of Topliss-reactive ketones (excluding diaryl/α,β-unsaturated/α-hetero) is 1. The third-order valence-electron chi connectivity index (χ3n) is 4.58. The largest absolute Gasteiger partial charge is 0.313 e. The molecule has 4 unspecified atom stereocenters. The molecule has 2 aliphatic carbocycles. The zero-order valence-electron chi connectivity index (χ0n) is 8.67. The molecule has 3 rings (SSSR count). The average molecular weight is 193 g/mol. The Bertz CT molecular complexity index is 251. The van der Waals surface area contributed by atoms with Crippen LogP contribution in [0.15, 0.2) is 0 Å². The second-order valence-corrected chi connectivity index (χ2v) is 5.25. The summed E-state index contributed by atoms with van der Waals surface area (Å²) in [6, 6.07) is 0.553. The van der Waals surface area contributed by atoms with Gasteiger partial charge in [-0.15, -0.1) is 0 Å². The van der Waals surface area contributed by atoms with Crippen LogP contribution in [-0.2, 0) is 4.79 Å². The van der Waals surface area contributed by atoms with Gasteiger partial charge in [-0.3, -0.25) is 4.79 Å². The normalized spacial score (nSPS) is 47.3. The first-order chi connectivity index (χ1) is 6.86. The molecule has 4 atom stereocenters. The molecule has 1 aliphatic heterocycles. The first kappa shape index (κ1) is 8.90. The predicted octanol–water partition coefficient (Wildman–Crippen LogP) is 1.74. The molecule has 2 saturated carbocycles. The Balaban J connectivity index is 1.75. The fraction of sp³-hybridized carbons (Fsp3) is 0.917.